The molecule has 120 valence electrons. The predicted octanol–water partition coefficient (Wildman–Crippen LogP) is 1.44. The fourth-order valence-corrected chi connectivity index (χ4v) is 4.75. The van der Waals surface area contributed by atoms with Crippen LogP contribution in [0.3, 0.4) is 0 Å². The van der Waals surface area contributed by atoms with E-state index < -0.39 is 15.6 Å². The molecule has 7 heteroatoms. The fraction of sp³-hybridized carbons (Fsp3) is 0.786. The van der Waals surface area contributed by atoms with Crippen molar-refractivity contribution in [2.45, 2.75) is 70.5 Å². The van der Waals surface area contributed by atoms with Gasteiger partial charge in [-0.05, 0) is 40.5 Å². The Morgan fingerprint density at radius 3 is 2.38 bits per heavy atom. The van der Waals surface area contributed by atoms with Crippen molar-refractivity contribution in [3.8, 4) is 0 Å². The Morgan fingerprint density at radius 2 is 1.95 bits per heavy atom. The highest BCUT2D eigenvalue weighted by molar-refractivity contribution is 7.89. The molecule has 0 spiro atoms. The maximum Gasteiger partial charge on any atom is 0.246 e. The number of hydrogen-bond acceptors (Lipinski definition) is 4. The molecule has 1 aliphatic rings. The molecule has 1 aromatic rings. The number of rotatable bonds is 6. The number of aliphatic hydroxyl groups is 1. The quantitative estimate of drug-likeness (QED) is 0.862. The van der Waals surface area contributed by atoms with Crippen LogP contribution in [-0.4, -0.2) is 45.8 Å². The summed E-state index contributed by atoms with van der Waals surface area (Å²) in [5.74, 6) is 0. The van der Waals surface area contributed by atoms with Gasteiger partial charge in [0.25, 0.3) is 0 Å². The zero-order valence-corrected chi connectivity index (χ0v) is 14.2. The Hall–Kier alpha value is -0.920. The third kappa shape index (κ3) is 3.30. The van der Waals surface area contributed by atoms with E-state index in [-0.39, 0.29) is 12.6 Å². The van der Waals surface area contributed by atoms with Gasteiger partial charge in [-0.1, -0.05) is 6.92 Å². The van der Waals surface area contributed by atoms with Gasteiger partial charge in [0.15, 0.2) is 0 Å². The van der Waals surface area contributed by atoms with Crippen molar-refractivity contribution in [1.29, 1.82) is 0 Å². The van der Waals surface area contributed by atoms with E-state index in [9.17, 15) is 13.5 Å². The summed E-state index contributed by atoms with van der Waals surface area (Å²) in [6.07, 6.45) is 1.87. The summed E-state index contributed by atoms with van der Waals surface area (Å²) in [6, 6.07) is 0.136. The largest absolute Gasteiger partial charge is 0.389 e. The van der Waals surface area contributed by atoms with Gasteiger partial charge >= 0.3 is 0 Å². The number of sulfonamides is 1. The lowest BCUT2D eigenvalue weighted by Crippen LogP contribution is -2.33. The molecule has 1 saturated carbocycles. The minimum absolute atomic E-state index is 0.136. The van der Waals surface area contributed by atoms with Gasteiger partial charge in [0.1, 0.15) is 4.90 Å². The molecule has 0 unspecified atom stereocenters. The highest BCUT2D eigenvalue weighted by Gasteiger charge is 2.39. The number of nitrogens with zero attached hydrogens (tertiary/aromatic N) is 3. The minimum atomic E-state index is -3.52. The molecule has 0 saturated heterocycles. The summed E-state index contributed by atoms with van der Waals surface area (Å²) < 4.78 is 28.9. The van der Waals surface area contributed by atoms with Crippen molar-refractivity contribution < 1.29 is 13.5 Å². The molecule has 0 amide bonds. The second-order valence-electron chi connectivity index (χ2n) is 6.41. The third-order valence-corrected chi connectivity index (χ3v) is 5.96. The molecule has 6 nitrogen and oxygen atoms in total. The standard InChI is InChI=1S/C14H25N3O3S/c1-6-17(12-7-8-12)21(19,20)13-10(2)15-16(11(13)3)9-14(4,5)18/h12,18H,6-9H2,1-5H3. The normalized spacial score (nSPS) is 16.7. The third-order valence-electron chi connectivity index (χ3n) is 3.68. The van der Waals surface area contributed by atoms with E-state index in [1.54, 1.807) is 36.7 Å². The first-order valence-corrected chi connectivity index (χ1v) is 8.80. The zero-order chi connectivity index (χ0) is 16.0. The first-order chi connectivity index (χ1) is 9.58. The van der Waals surface area contributed by atoms with Crippen LogP contribution < -0.4 is 0 Å². The molecular formula is C14H25N3O3S. The van der Waals surface area contributed by atoms with Crippen LogP contribution in [0.5, 0.6) is 0 Å². The molecular weight excluding hydrogens is 290 g/mol. The number of aryl methyl sites for hydroxylation is 1. The van der Waals surface area contributed by atoms with Gasteiger partial charge in [0, 0.05) is 12.6 Å². The van der Waals surface area contributed by atoms with Crippen molar-refractivity contribution in [2.24, 2.45) is 0 Å². The van der Waals surface area contributed by atoms with Gasteiger partial charge in [-0.2, -0.15) is 9.40 Å². The topological polar surface area (TPSA) is 75.4 Å². The Kier molecular flexibility index (Phi) is 4.21. The molecule has 0 radical (unpaired) electrons. The van der Waals surface area contributed by atoms with E-state index >= 15 is 0 Å². The maximum atomic E-state index is 12.9. The molecule has 21 heavy (non-hydrogen) atoms. The van der Waals surface area contributed by atoms with Crippen LogP contribution in [0.2, 0.25) is 0 Å². The van der Waals surface area contributed by atoms with Crippen LogP contribution >= 0.6 is 0 Å². The van der Waals surface area contributed by atoms with Crippen molar-refractivity contribution in [3.05, 3.63) is 11.4 Å². The van der Waals surface area contributed by atoms with Gasteiger partial charge in [-0.25, -0.2) is 8.42 Å². The van der Waals surface area contributed by atoms with Gasteiger partial charge in [-0.15, -0.1) is 0 Å². The minimum Gasteiger partial charge on any atom is -0.389 e. The second-order valence-corrected chi connectivity index (χ2v) is 8.24. The molecule has 1 aromatic heterocycles. The van der Waals surface area contributed by atoms with Crippen molar-refractivity contribution in [3.63, 3.8) is 0 Å². The molecule has 0 atom stereocenters. The lowest BCUT2D eigenvalue weighted by molar-refractivity contribution is 0.0569. The number of aromatic nitrogens is 2. The Labute approximate surface area is 126 Å². The molecule has 1 N–H and O–H groups in total. The molecule has 1 heterocycles. The lowest BCUT2D eigenvalue weighted by Gasteiger charge is -2.21. The van der Waals surface area contributed by atoms with Crippen LogP contribution in [0.25, 0.3) is 0 Å². The SMILES string of the molecule is CCN(C1CC1)S(=O)(=O)c1c(C)nn(CC(C)(C)O)c1C. The summed E-state index contributed by atoms with van der Waals surface area (Å²) in [7, 11) is -3.52. The Bertz CT molecular complexity index is 625. The van der Waals surface area contributed by atoms with Crippen molar-refractivity contribution in [1.82, 2.24) is 14.1 Å². The van der Waals surface area contributed by atoms with E-state index in [4.69, 9.17) is 0 Å². The first-order valence-electron chi connectivity index (χ1n) is 7.36. The summed E-state index contributed by atoms with van der Waals surface area (Å²) >= 11 is 0. The smallest absolute Gasteiger partial charge is 0.246 e. The van der Waals surface area contributed by atoms with Gasteiger partial charge in [-0.3, -0.25) is 4.68 Å². The number of hydrogen-bond donors (Lipinski definition) is 1. The van der Waals surface area contributed by atoms with E-state index in [1.165, 1.54) is 0 Å². The highest BCUT2D eigenvalue weighted by Crippen LogP contribution is 2.33. The molecule has 1 fully saturated rings. The second kappa shape index (κ2) is 5.37. The van der Waals surface area contributed by atoms with Crippen LogP contribution in [0.1, 0.15) is 45.0 Å². The lowest BCUT2D eigenvalue weighted by atomic mass is 10.1. The Balaban J connectivity index is 2.44. The van der Waals surface area contributed by atoms with Gasteiger partial charge < -0.3 is 5.11 Å². The molecule has 0 aliphatic heterocycles. The summed E-state index contributed by atoms with van der Waals surface area (Å²) in [4.78, 5) is 0.292. The maximum absolute atomic E-state index is 12.9. The first kappa shape index (κ1) is 16.5. The van der Waals surface area contributed by atoms with Crippen molar-refractivity contribution in [2.75, 3.05) is 6.54 Å². The molecule has 1 aliphatic carbocycles. The zero-order valence-electron chi connectivity index (χ0n) is 13.4. The van der Waals surface area contributed by atoms with Gasteiger partial charge in [0.2, 0.25) is 10.0 Å². The Morgan fingerprint density at radius 1 is 1.38 bits per heavy atom. The van der Waals surface area contributed by atoms with Crippen LogP contribution in [0, 0.1) is 13.8 Å². The highest BCUT2D eigenvalue weighted by atomic mass is 32.2. The average Bonchev–Trinajstić information content (AvgIpc) is 3.06. The summed E-state index contributed by atoms with van der Waals surface area (Å²) in [5.41, 5.74) is 0.148. The van der Waals surface area contributed by atoms with E-state index in [1.807, 2.05) is 6.92 Å². The fourth-order valence-electron chi connectivity index (χ4n) is 2.68. The van der Waals surface area contributed by atoms with Crippen LogP contribution in [0.15, 0.2) is 4.90 Å². The van der Waals surface area contributed by atoms with E-state index in [0.717, 1.165) is 12.8 Å². The monoisotopic (exact) mass is 315 g/mol. The van der Waals surface area contributed by atoms with E-state index in [0.29, 0.717) is 22.8 Å². The van der Waals surface area contributed by atoms with Gasteiger partial charge in [0.05, 0.1) is 23.5 Å². The summed E-state index contributed by atoms with van der Waals surface area (Å²) in [6.45, 7) is 9.43. The predicted molar refractivity (Wildman–Crippen MR) is 80.6 cm³/mol. The molecule has 2 rings (SSSR count). The van der Waals surface area contributed by atoms with E-state index in [2.05, 4.69) is 5.10 Å². The molecule has 0 bridgehead atoms. The average molecular weight is 315 g/mol. The van der Waals surface area contributed by atoms with Crippen LogP contribution in [-0.2, 0) is 16.6 Å². The molecule has 0 aromatic carbocycles. The summed E-state index contributed by atoms with van der Waals surface area (Å²) in [5, 5.41) is 14.2. The van der Waals surface area contributed by atoms with Crippen molar-refractivity contribution >= 4 is 10.0 Å². The van der Waals surface area contributed by atoms with Crippen LogP contribution in [0.4, 0.5) is 0 Å².